The number of rotatable bonds is 8. The SMILES string of the molecule is CC(=O)N(CCNS(=O)(=O)c1ccc(C)cc1)CCC1=CCCCC1. The monoisotopic (exact) mass is 364 g/mol. The van der Waals surface area contributed by atoms with E-state index in [0.717, 1.165) is 24.8 Å². The highest BCUT2D eigenvalue weighted by Gasteiger charge is 2.15. The number of nitrogens with zero attached hydrogens (tertiary/aromatic N) is 1. The first-order valence-corrected chi connectivity index (χ1v) is 10.4. The van der Waals surface area contributed by atoms with Gasteiger partial charge in [-0.05, 0) is 51.2 Å². The maximum atomic E-state index is 12.3. The molecule has 0 aromatic heterocycles. The van der Waals surface area contributed by atoms with Gasteiger partial charge < -0.3 is 4.90 Å². The average molecular weight is 365 g/mol. The van der Waals surface area contributed by atoms with Gasteiger partial charge in [-0.2, -0.15) is 0 Å². The smallest absolute Gasteiger partial charge is 0.240 e. The van der Waals surface area contributed by atoms with Crippen LogP contribution in [-0.2, 0) is 14.8 Å². The molecule has 0 unspecified atom stereocenters. The summed E-state index contributed by atoms with van der Waals surface area (Å²) in [4.78, 5) is 13.8. The molecule has 5 nitrogen and oxygen atoms in total. The predicted molar refractivity (Wildman–Crippen MR) is 99.8 cm³/mol. The van der Waals surface area contributed by atoms with Crippen molar-refractivity contribution < 1.29 is 13.2 Å². The fraction of sp³-hybridized carbons (Fsp3) is 0.526. The summed E-state index contributed by atoms with van der Waals surface area (Å²) < 4.78 is 27.1. The molecule has 1 N–H and O–H groups in total. The third-order valence-corrected chi connectivity index (χ3v) is 6.02. The number of amides is 1. The molecule has 1 aliphatic rings. The molecular formula is C19H28N2O3S. The Hall–Kier alpha value is -1.66. The van der Waals surface area contributed by atoms with Crippen LogP contribution in [0.3, 0.4) is 0 Å². The summed E-state index contributed by atoms with van der Waals surface area (Å²) in [6, 6.07) is 6.73. The molecule has 0 saturated carbocycles. The summed E-state index contributed by atoms with van der Waals surface area (Å²) in [5, 5.41) is 0. The molecule has 1 aliphatic carbocycles. The van der Waals surface area contributed by atoms with Gasteiger partial charge in [0.15, 0.2) is 0 Å². The van der Waals surface area contributed by atoms with Gasteiger partial charge in [-0.25, -0.2) is 13.1 Å². The van der Waals surface area contributed by atoms with Crippen LogP contribution in [0.1, 0.15) is 44.6 Å². The summed E-state index contributed by atoms with van der Waals surface area (Å²) in [5.41, 5.74) is 2.43. The number of hydrogen-bond acceptors (Lipinski definition) is 3. The molecule has 0 spiro atoms. The number of aryl methyl sites for hydroxylation is 1. The molecule has 0 radical (unpaired) electrons. The van der Waals surface area contributed by atoms with Crippen LogP contribution in [0.15, 0.2) is 40.8 Å². The molecule has 6 heteroatoms. The van der Waals surface area contributed by atoms with Crippen molar-refractivity contribution in [2.45, 2.75) is 50.8 Å². The Morgan fingerprint density at radius 1 is 1.16 bits per heavy atom. The minimum atomic E-state index is -3.53. The zero-order valence-corrected chi connectivity index (χ0v) is 15.9. The molecule has 0 heterocycles. The van der Waals surface area contributed by atoms with Crippen molar-refractivity contribution in [1.29, 1.82) is 0 Å². The largest absolute Gasteiger partial charge is 0.341 e. The number of benzene rings is 1. The first-order valence-electron chi connectivity index (χ1n) is 8.88. The van der Waals surface area contributed by atoms with Crippen molar-refractivity contribution in [1.82, 2.24) is 9.62 Å². The Morgan fingerprint density at radius 3 is 2.48 bits per heavy atom. The number of sulfonamides is 1. The van der Waals surface area contributed by atoms with Crippen molar-refractivity contribution in [2.24, 2.45) is 0 Å². The Bertz CT molecular complexity index is 709. The Balaban J connectivity index is 1.85. The van der Waals surface area contributed by atoms with E-state index in [2.05, 4.69) is 10.8 Å². The highest BCUT2D eigenvalue weighted by Crippen LogP contribution is 2.20. The normalized spacial score (nSPS) is 14.9. The third-order valence-electron chi connectivity index (χ3n) is 4.54. The second-order valence-electron chi connectivity index (χ2n) is 6.58. The lowest BCUT2D eigenvalue weighted by Gasteiger charge is -2.23. The van der Waals surface area contributed by atoms with Gasteiger partial charge in [0, 0.05) is 26.6 Å². The first kappa shape index (κ1) is 19.7. The van der Waals surface area contributed by atoms with Gasteiger partial charge in [0.2, 0.25) is 15.9 Å². The maximum Gasteiger partial charge on any atom is 0.240 e. The standard InChI is InChI=1S/C19H28N2O3S/c1-16-8-10-19(11-9-16)25(23,24)20-13-15-21(17(2)22)14-12-18-6-4-3-5-7-18/h6,8-11,20H,3-5,7,12-15H2,1-2H3. The molecule has 0 fully saturated rings. The van der Waals surface area contributed by atoms with Gasteiger partial charge in [0.25, 0.3) is 0 Å². The van der Waals surface area contributed by atoms with E-state index < -0.39 is 10.0 Å². The Kier molecular flexibility index (Phi) is 7.20. The molecule has 0 atom stereocenters. The van der Waals surface area contributed by atoms with E-state index in [0.29, 0.717) is 13.1 Å². The second-order valence-corrected chi connectivity index (χ2v) is 8.34. The molecular weight excluding hydrogens is 336 g/mol. The molecule has 1 aromatic rings. The fourth-order valence-electron chi connectivity index (χ4n) is 2.95. The third kappa shape index (κ3) is 6.29. The number of allylic oxidation sites excluding steroid dienone is 1. The molecule has 138 valence electrons. The van der Waals surface area contributed by atoms with E-state index in [-0.39, 0.29) is 17.3 Å². The predicted octanol–water partition coefficient (Wildman–Crippen LogP) is 3.01. The zero-order chi connectivity index (χ0) is 18.3. The maximum absolute atomic E-state index is 12.3. The van der Waals surface area contributed by atoms with Crippen LogP contribution in [0.5, 0.6) is 0 Å². The van der Waals surface area contributed by atoms with Gasteiger partial charge in [-0.3, -0.25) is 4.79 Å². The van der Waals surface area contributed by atoms with E-state index >= 15 is 0 Å². The lowest BCUT2D eigenvalue weighted by Crippen LogP contribution is -2.38. The lowest BCUT2D eigenvalue weighted by molar-refractivity contribution is -0.128. The second kappa shape index (κ2) is 9.15. The summed E-state index contributed by atoms with van der Waals surface area (Å²) in [6.07, 6.45) is 7.88. The van der Waals surface area contributed by atoms with Crippen LogP contribution in [0, 0.1) is 6.92 Å². The molecule has 0 aliphatic heterocycles. The van der Waals surface area contributed by atoms with E-state index in [1.165, 1.54) is 25.3 Å². The quantitative estimate of drug-likeness (QED) is 0.721. The number of carbonyl (C=O) groups is 1. The van der Waals surface area contributed by atoms with Crippen LogP contribution in [0.4, 0.5) is 0 Å². The fourth-order valence-corrected chi connectivity index (χ4v) is 3.97. The molecule has 0 bridgehead atoms. The topological polar surface area (TPSA) is 66.5 Å². The Labute approximate surface area is 151 Å². The molecule has 0 saturated heterocycles. The molecule has 1 amide bonds. The first-order chi connectivity index (χ1) is 11.9. The average Bonchev–Trinajstić information content (AvgIpc) is 2.59. The molecule has 1 aromatic carbocycles. The van der Waals surface area contributed by atoms with Crippen molar-refractivity contribution in [3.8, 4) is 0 Å². The summed E-state index contributed by atoms with van der Waals surface area (Å²) in [6.45, 7) is 4.69. The van der Waals surface area contributed by atoms with E-state index in [1.54, 1.807) is 29.2 Å². The van der Waals surface area contributed by atoms with Crippen LogP contribution in [0.25, 0.3) is 0 Å². The van der Waals surface area contributed by atoms with E-state index in [4.69, 9.17) is 0 Å². The van der Waals surface area contributed by atoms with Crippen molar-refractivity contribution in [3.63, 3.8) is 0 Å². The molecule has 25 heavy (non-hydrogen) atoms. The van der Waals surface area contributed by atoms with Gasteiger partial charge in [0.1, 0.15) is 0 Å². The summed E-state index contributed by atoms with van der Waals surface area (Å²) >= 11 is 0. The van der Waals surface area contributed by atoms with Crippen molar-refractivity contribution in [2.75, 3.05) is 19.6 Å². The van der Waals surface area contributed by atoms with Crippen LogP contribution in [0.2, 0.25) is 0 Å². The van der Waals surface area contributed by atoms with Gasteiger partial charge >= 0.3 is 0 Å². The minimum absolute atomic E-state index is 0.0223. The van der Waals surface area contributed by atoms with Crippen LogP contribution >= 0.6 is 0 Å². The summed E-state index contributed by atoms with van der Waals surface area (Å²) in [7, 11) is -3.53. The lowest BCUT2D eigenvalue weighted by atomic mass is 9.97. The van der Waals surface area contributed by atoms with Crippen LogP contribution in [-0.4, -0.2) is 38.9 Å². The number of hydrogen-bond donors (Lipinski definition) is 1. The van der Waals surface area contributed by atoms with E-state index in [9.17, 15) is 13.2 Å². The summed E-state index contributed by atoms with van der Waals surface area (Å²) in [5.74, 6) is -0.0223. The highest BCUT2D eigenvalue weighted by atomic mass is 32.2. The minimum Gasteiger partial charge on any atom is -0.341 e. The highest BCUT2D eigenvalue weighted by molar-refractivity contribution is 7.89. The number of carbonyl (C=O) groups excluding carboxylic acids is 1. The van der Waals surface area contributed by atoms with Gasteiger partial charge in [-0.1, -0.05) is 29.3 Å². The van der Waals surface area contributed by atoms with Crippen molar-refractivity contribution >= 4 is 15.9 Å². The molecule has 2 rings (SSSR count). The van der Waals surface area contributed by atoms with Gasteiger partial charge in [-0.15, -0.1) is 0 Å². The van der Waals surface area contributed by atoms with Gasteiger partial charge in [0.05, 0.1) is 4.90 Å². The Morgan fingerprint density at radius 2 is 1.88 bits per heavy atom. The number of nitrogens with one attached hydrogen (secondary N) is 1. The van der Waals surface area contributed by atoms with Crippen molar-refractivity contribution in [3.05, 3.63) is 41.5 Å². The zero-order valence-electron chi connectivity index (χ0n) is 15.1. The van der Waals surface area contributed by atoms with Crippen LogP contribution < -0.4 is 4.72 Å². The van der Waals surface area contributed by atoms with E-state index in [1.807, 2.05) is 6.92 Å².